The molecule has 3 rings (SSSR count). The second kappa shape index (κ2) is 10.2. The van der Waals surface area contributed by atoms with Crippen LogP contribution < -0.4 is 0 Å². The fourth-order valence-corrected chi connectivity index (χ4v) is 4.16. The fraction of sp³-hybridized carbons (Fsp3) is 0.360. The van der Waals surface area contributed by atoms with E-state index in [-0.39, 0.29) is 48.4 Å². The van der Waals surface area contributed by atoms with Crippen LogP contribution in [0.4, 0.5) is 17.6 Å². The number of ether oxygens (including phenoxy) is 1. The molecule has 4 nitrogen and oxygen atoms in total. The Morgan fingerprint density at radius 2 is 1.76 bits per heavy atom. The molecule has 1 heterocycles. The molecule has 1 unspecified atom stereocenters. The standard InChI is InChI=1S/C25H25F4NO3/c1-3-9-21-23(24(32)33-4-2)18(17-11-6-7-12-19(17)25(27,28)29)14-22(31)30(21)15-16-10-5-8-13-20(16)26/h5-8,10-13,18H,3-4,9,14-15H2,1-2H3. The van der Waals surface area contributed by atoms with Gasteiger partial charge < -0.3 is 9.64 Å². The van der Waals surface area contributed by atoms with Crippen LogP contribution in [0, 0.1) is 5.82 Å². The minimum Gasteiger partial charge on any atom is -0.463 e. The van der Waals surface area contributed by atoms with E-state index in [1.807, 2.05) is 6.92 Å². The highest BCUT2D eigenvalue weighted by atomic mass is 19.4. The summed E-state index contributed by atoms with van der Waals surface area (Å²) < 4.78 is 60.8. The molecule has 1 amide bonds. The Labute approximate surface area is 189 Å². The van der Waals surface area contributed by atoms with Crippen molar-refractivity contribution in [3.63, 3.8) is 0 Å². The van der Waals surface area contributed by atoms with E-state index in [2.05, 4.69) is 0 Å². The van der Waals surface area contributed by atoms with Gasteiger partial charge in [0.1, 0.15) is 5.82 Å². The van der Waals surface area contributed by atoms with E-state index < -0.39 is 35.4 Å². The van der Waals surface area contributed by atoms with Crippen molar-refractivity contribution in [3.05, 3.63) is 82.3 Å². The van der Waals surface area contributed by atoms with Crippen LogP contribution in [-0.4, -0.2) is 23.4 Å². The zero-order valence-electron chi connectivity index (χ0n) is 18.4. The molecule has 0 radical (unpaired) electrons. The number of carbonyl (C=O) groups excluding carboxylic acids is 2. The molecular formula is C25H25F4NO3. The number of carbonyl (C=O) groups is 2. The largest absolute Gasteiger partial charge is 0.463 e. The molecule has 0 N–H and O–H groups in total. The SMILES string of the molecule is CCCC1=C(C(=O)OCC)C(c2ccccc2C(F)(F)F)CC(=O)N1Cc1ccccc1F. The number of rotatable bonds is 7. The summed E-state index contributed by atoms with van der Waals surface area (Å²) in [5.41, 5.74) is -0.510. The van der Waals surface area contributed by atoms with E-state index in [9.17, 15) is 27.2 Å². The van der Waals surface area contributed by atoms with Crippen molar-refractivity contribution in [1.29, 1.82) is 0 Å². The topological polar surface area (TPSA) is 46.6 Å². The smallest absolute Gasteiger partial charge is 0.416 e. The van der Waals surface area contributed by atoms with Gasteiger partial charge in [-0.3, -0.25) is 4.79 Å². The summed E-state index contributed by atoms with van der Waals surface area (Å²) in [7, 11) is 0. The quantitative estimate of drug-likeness (QED) is 0.375. The summed E-state index contributed by atoms with van der Waals surface area (Å²) in [5.74, 6) is -2.87. The lowest BCUT2D eigenvalue weighted by Gasteiger charge is -2.36. The minimum absolute atomic E-state index is 0.0198. The zero-order valence-corrected chi connectivity index (χ0v) is 18.4. The molecule has 0 spiro atoms. The Bertz CT molecular complexity index is 1060. The van der Waals surface area contributed by atoms with Crippen molar-refractivity contribution in [3.8, 4) is 0 Å². The molecule has 2 aromatic rings. The minimum atomic E-state index is -4.66. The molecule has 0 saturated heterocycles. The van der Waals surface area contributed by atoms with Crippen LogP contribution >= 0.6 is 0 Å². The van der Waals surface area contributed by atoms with E-state index >= 15 is 0 Å². The Balaban J connectivity index is 2.20. The van der Waals surface area contributed by atoms with Crippen molar-refractivity contribution >= 4 is 11.9 Å². The van der Waals surface area contributed by atoms with Crippen molar-refractivity contribution in [2.45, 2.75) is 51.7 Å². The van der Waals surface area contributed by atoms with Crippen molar-refractivity contribution in [2.24, 2.45) is 0 Å². The normalized spacial score (nSPS) is 16.8. The summed E-state index contributed by atoms with van der Waals surface area (Å²) >= 11 is 0. The van der Waals surface area contributed by atoms with Gasteiger partial charge in [-0.2, -0.15) is 13.2 Å². The van der Waals surface area contributed by atoms with E-state index in [0.29, 0.717) is 6.42 Å². The number of amides is 1. The molecule has 0 saturated carbocycles. The van der Waals surface area contributed by atoms with Gasteiger partial charge in [-0.15, -0.1) is 0 Å². The first kappa shape index (κ1) is 24.5. The average Bonchev–Trinajstić information content (AvgIpc) is 2.77. The Kier molecular flexibility index (Phi) is 7.56. The molecule has 0 fully saturated rings. The summed E-state index contributed by atoms with van der Waals surface area (Å²) in [6.45, 7) is 3.32. The third-order valence-electron chi connectivity index (χ3n) is 5.58. The molecule has 1 aliphatic rings. The first-order chi connectivity index (χ1) is 15.7. The zero-order chi connectivity index (χ0) is 24.2. The summed E-state index contributed by atoms with van der Waals surface area (Å²) in [6.07, 6.45) is -4.25. The van der Waals surface area contributed by atoms with Gasteiger partial charge in [-0.1, -0.05) is 49.7 Å². The average molecular weight is 463 g/mol. The summed E-state index contributed by atoms with van der Waals surface area (Å²) in [4.78, 5) is 27.5. The summed E-state index contributed by atoms with van der Waals surface area (Å²) in [5, 5.41) is 0. The maximum absolute atomic E-state index is 14.3. The van der Waals surface area contributed by atoms with Crippen LogP contribution in [0.3, 0.4) is 0 Å². The third-order valence-corrected chi connectivity index (χ3v) is 5.58. The number of halogens is 4. The van der Waals surface area contributed by atoms with Gasteiger partial charge in [0.25, 0.3) is 0 Å². The molecule has 8 heteroatoms. The first-order valence-electron chi connectivity index (χ1n) is 10.8. The number of nitrogens with zero attached hydrogens (tertiary/aromatic N) is 1. The van der Waals surface area contributed by atoms with Crippen LogP contribution in [0.2, 0.25) is 0 Å². The number of allylic oxidation sites excluding steroid dienone is 1. The summed E-state index contributed by atoms with van der Waals surface area (Å²) in [6, 6.07) is 10.9. The lowest BCUT2D eigenvalue weighted by Crippen LogP contribution is -2.39. The molecule has 0 bridgehead atoms. The van der Waals surface area contributed by atoms with Gasteiger partial charge >= 0.3 is 12.1 Å². The van der Waals surface area contributed by atoms with Crippen LogP contribution in [0.5, 0.6) is 0 Å². The van der Waals surface area contributed by atoms with Crippen LogP contribution in [-0.2, 0) is 27.0 Å². The highest BCUT2D eigenvalue weighted by Gasteiger charge is 2.42. The second-order valence-corrected chi connectivity index (χ2v) is 7.74. The fourth-order valence-electron chi connectivity index (χ4n) is 4.16. The molecule has 2 aromatic carbocycles. The number of benzene rings is 2. The highest BCUT2D eigenvalue weighted by Crippen LogP contribution is 2.44. The molecular weight excluding hydrogens is 438 g/mol. The molecule has 0 aromatic heterocycles. The van der Waals surface area contributed by atoms with E-state index in [1.165, 1.54) is 41.3 Å². The van der Waals surface area contributed by atoms with E-state index in [0.717, 1.165) is 6.07 Å². The maximum atomic E-state index is 14.3. The number of alkyl halides is 3. The van der Waals surface area contributed by atoms with Crippen LogP contribution in [0.25, 0.3) is 0 Å². The van der Waals surface area contributed by atoms with Crippen LogP contribution in [0.1, 0.15) is 55.7 Å². The number of hydrogen-bond donors (Lipinski definition) is 0. The Morgan fingerprint density at radius 3 is 2.39 bits per heavy atom. The van der Waals surface area contributed by atoms with Gasteiger partial charge in [-0.25, -0.2) is 9.18 Å². The van der Waals surface area contributed by atoms with Gasteiger partial charge in [0, 0.05) is 23.6 Å². The second-order valence-electron chi connectivity index (χ2n) is 7.74. The molecule has 1 atom stereocenters. The highest BCUT2D eigenvalue weighted by molar-refractivity contribution is 5.96. The first-order valence-corrected chi connectivity index (χ1v) is 10.8. The van der Waals surface area contributed by atoms with Crippen molar-refractivity contribution in [1.82, 2.24) is 4.90 Å². The molecule has 1 aliphatic heterocycles. The van der Waals surface area contributed by atoms with Gasteiger partial charge in [0.05, 0.1) is 24.3 Å². The third kappa shape index (κ3) is 5.26. The van der Waals surface area contributed by atoms with E-state index in [1.54, 1.807) is 13.0 Å². The van der Waals surface area contributed by atoms with Crippen LogP contribution in [0.15, 0.2) is 59.8 Å². The maximum Gasteiger partial charge on any atom is 0.416 e. The Morgan fingerprint density at radius 1 is 1.09 bits per heavy atom. The van der Waals surface area contributed by atoms with Crippen molar-refractivity contribution < 1.29 is 31.9 Å². The molecule has 33 heavy (non-hydrogen) atoms. The Hall–Kier alpha value is -3.16. The number of hydrogen-bond acceptors (Lipinski definition) is 3. The predicted molar refractivity (Wildman–Crippen MR) is 114 cm³/mol. The lowest BCUT2D eigenvalue weighted by atomic mass is 9.80. The van der Waals surface area contributed by atoms with Gasteiger partial charge in [0.2, 0.25) is 5.91 Å². The van der Waals surface area contributed by atoms with Gasteiger partial charge in [0.15, 0.2) is 0 Å². The van der Waals surface area contributed by atoms with Gasteiger partial charge in [-0.05, 0) is 31.0 Å². The molecule has 176 valence electrons. The molecule has 0 aliphatic carbocycles. The van der Waals surface area contributed by atoms with Crippen molar-refractivity contribution in [2.75, 3.05) is 6.61 Å². The van der Waals surface area contributed by atoms with E-state index in [4.69, 9.17) is 4.74 Å². The number of esters is 1. The monoisotopic (exact) mass is 463 g/mol. The predicted octanol–water partition coefficient (Wildman–Crippen LogP) is 5.98. The lowest BCUT2D eigenvalue weighted by molar-refractivity contribution is -0.142.